The highest BCUT2D eigenvalue weighted by Gasteiger charge is 2.19. The van der Waals surface area contributed by atoms with Crippen LogP contribution in [0.2, 0.25) is 0 Å². The number of aromatic nitrogens is 5. The van der Waals surface area contributed by atoms with Crippen LogP contribution in [0.4, 0.5) is 4.79 Å². The molecule has 0 atom stereocenters. The number of nitrogens with two attached hydrogens (primary N) is 1. The molecule has 4 aromatic rings. The van der Waals surface area contributed by atoms with Gasteiger partial charge in [0.05, 0.1) is 17.9 Å². The van der Waals surface area contributed by atoms with Crippen molar-refractivity contribution in [3.63, 3.8) is 0 Å². The van der Waals surface area contributed by atoms with Gasteiger partial charge in [-0.15, -0.1) is 10.2 Å². The first-order chi connectivity index (χ1) is 13.1. The molecular formula is C17H15N7O3. The number of nitrogens with zero attached hydrogens (tertiary/aromatic N) is 5. The molecule has 10 nitrogen and oxygen atoms in total. The van der Waals surface area contributed by atoms with Crippen molar-refractivity contribution >= 4 is 22.7 Å². The summed E-state index contributed by atoms with van der Waals surface area (Å²) in [7, 11) is 1.58. The molecule has 3 heterocycles. The molecule has 0 aliphatic heterocycles. The molecule has 0 unspecified atom stereocenters. The van der Waals surface area contributed by atoms with Gasteiger partial charge < -0.3 is 10.5 Å². The third-order valence-electron chi connectivity index (χ3n) is 4.03. The monoisotopic (exact) mass is 365 g/mol. The van der Waals surface area contributed by atoms with Gasteiger partial charge in [0.2, 0.25) is 0 Å². The number of hydrogen-bond donors (Lipinski definition) is 2. The van der Waals surface area contributed by atoms with Crippen molar-refractivity contribution in [2.75, 3.05) is 12.5 Å². The van der Waals surface area contributed by atoms with E-state index in [1.165, 1.54) is 6.20 Å². The van der Waals surface area contributed by atoms with E-state index < -0.39 is 11.6 Å². The molecular weight excluding hydrogens is 350 g/mol. The van der Waals surface area contributed by atoms with E-state index in [0.29, 0.717) is 16.9 Å². The average molecular weight is 365 g/mol. The van der Waals surface area contributed by atoms with Crippen LogP contribution in [-0.4, -0.2) is 37.6 Å². The SMILES string of the molecule is COCc1nn2c(nnc3c(=O)n(NC(N)=O)ccc32)c1-c1ccccc1. The van der Waals surface area contributed by atoms with Gasteiger partial charge in [0.1, 0.15) is 5.52 Å². The molecule has 0 aliphatic carbocycles. The predicted molar refractivity (Wildman–Crippen MR) is 97.6 cm³/mol. The molecule has 2 amide bonds. The van der Waals surface area contributed by atoms with Gasteiger partial charge in [-0.3, -0.25) is 4.79 Å². The average Bonchev–Trinajstić information content (AvgIpc) is 3.03. The van der Waals surface area contributed by atoms with E-state index in [1.807, 2.05) is 30.3 Å². The molecule has 0 aliphatic rings. The van der Waals surface area contributed by atoms with Crippen LogP contribution >= 0.6 is 0 Å². The Bertz CT molecular complexity index is 1210. The number of ether oxygens (including phenoxy) is 1. The second kappa shape index (κ2) is 6.50. The molecule has 3 N–H and O–H groups in total. The largest absolute Gasteiger partial charge is 0.378 e. The molecule has 3 aromatic heterocycles. The fourth-order valence-electron chi connectivity index (χ4n) is 2.94. The summed E-state index contributed by atoms with van der Waals surface area (Å²) >= 11 is 0. The third kappa shape index (κ3) is 2.77. The summed E-state index contributed by atoms with van der Waals surface area (Å²) < 4.78 is 7.76. The van der Waals surface area contributed by atoms with Gasteiger partial charge in [0, 0.05) is 13.3 Å². The van der Waals surface area contributed by atoms with Crippen molar-refractivity contribution in [2.24, 2.45) is 5.73 Å². The maximum absolute atomic E-state index is 12.5. The highest BCUT2D eigenvalue weighted by atomic mass is 16.5. The first-order valence-electron chi connectivity index (χ1n) is 8.00. The molecule has 0 saturated carbocycles. The Hall–Kier alpha value is -3.79. The van der Waals surface area contributed by atoms with Crippen LogP contribution in [0, 0.1) is 0 Å². The minimum absolute atomic E-state index is 0.0461. The Balaban J connectivity index is 2.02. The first kappa shape index (κ1) is 16.7. The van der Waals surface area contributed by atoms with E-state index in [1.54, 1.807) is 17.7 Å². The quantitative estimate of drug-likeness (QED) is 0.552. The van der Waals surface area contributed by atoms with Gasteiger partial charge >= 0.3 is 6.03 Å². The molecule has 10 heteroatoms. The van der Waals surface area contributed by atoms with Gasteiger partial charge in [0.15, 0.2) is 11.2 Å². The normalized spacial score (nSPS) is 11.1. The van der Waals surface area contributed by atoms with E-state index in [2.05, 4.69) is 20.7 Å². The van der Waals surface area contributed by atoms with Crippen molar-refractivity contribution in [3.8, 4) is 11.1 Å². The van der Waals surface area contributed by atoms with Crippen LogP contribution in [0.3, 0.4) is 0 Å². The zero-order chi connectivity index (χ0) is 19.0. The fraction of sp³-hybridized carbons (Fsp3) is 0.118. The van der Waals surface area contributed by atoms with Crippen molar-refractivity contribution in [1.29, 1.82) is 0 Å². The van der Waals surface area contributed by atoms with E-state index in [-0.39, 0.29) is 12.1 Å². The summed E-state index contributed by atoms with van der Waals surface area (Å²) in [5.74, 6) is 0. The predicted octanol–water partition coefficient (Wildman–Crippen LogP) is 0.875. The minimum Gasteiger partial charge on any atom is -0.378 e. The number of pyridine rings is 1. The number of amides is 2. The van der Waals surface area contributed by atoms with Gasteiger partial charge in [0.25, 0.3) is 5.56 Å². The lowest BCUT2D eigenvalue weighted by molar-refractivity contribution is 0.181. The van der Waals surface area contributed by atoms with Crippen molar-refractivity contribution in [2.45, 2.75) is 6.61 Å². The summed E-state index contributed by atoms with van der Waals surface area (Å²) in [6.45, 7) is 0.273. The number of urea groups is 1. The lowest BCUT2D eigenvalue weighted by Gasteiger charge is -2.06. The Kier molecular flexibility index (Phi) is 4.01. The molecule has 0 spiro atoms. The summed E-state index contributed by atoms with van der Waals surface area (Å²) in [4.78, 5) is 23.5. The molecule has 0 bridgehead atoms. The second-order valence-corrected chi connectivity index (χ2v) is 5.76. The molecule has 4 rings (SSSR count). The topological polar surface area (TPSA) is 129 Å². The van der Waals surface area contributed by atoms with Crippen molar-refractivity contribution in [3.05, 3.63) is 58.6 Å². The number of benzene rings is 1. The van der Waals surface area contributed by atoms with Crippen LogP contribution in [0.25, 0.3) is 27.8 Å². The Labute approximate surface area is 152 Å². The molecule has 27 heavy (non-hydrogen) atoms. The van der Waals surface area contributed by atoms with Crippen molar-refractivity contribution in [1.82, 2.24) is 24.5 Å². The maximum atomic E-state index is 12.5. The first-order valence-corrected chi connectivity index (χ1v) is 8.00. The third-order valence-corrected chi connectivity index (χ3v) is 4.03. The summed E-state index contributed by atoms with van der Waals surface area (Å²) in [5, 5.41) is 12.8. The second-order valence-electron chi connectivity index (χ2n) is 5.76. The lowest BCUT2D eigenvalue weighted by atomic mass is 10.1. The highest BCUT2D eigenvalue weighted by Crippen LogP contribution is 2.28. The van der Waals surface area contributed by atoms with Crippen LogP contribution < -0.4 is 16.7 Å². The Morgan fingerprint density at radius 2 is 2.00 bits per heavy atom. The number of fused-ring (bicyclic) bond motifs is 3. The van der Waals surface area contributed by atoms with Crippen LogP contribution in [0.15, 0.2) is 47.4 Å². The number of hydrogen-bond acceptors (Lipinski definition) is 6. The number of carbonyl (C=O) groups is 1. The molecule has 0 radical (unpaired) electrons. The maximum Gasteiger partial charge on any atom is 0.331 e. The van der Waals surface area contributed by atoms with Gasteiger partial charge in [-0.2, -0.15) is 5.10 Å². The Morgan fingerprint density at radius 3 is 2.70 bits per heavy atom. The number of rotatable bonds is 4. The van der Waals surface area contributed by atoms with E-state index in [0.717, 1.165) is 15.8 Å². The van der Waals surface area contributed by atoms with Gasteiger partial charge in [-0.05, 0) is 11.6 Å². The standard InChI is InChI=1S/C17H15N7O3/c1-27-9-11-13(10-5-3-2-4-6-10)15-20-19-14-12(24(15)21-11)7-8-23(16(14)25)22-17(18)26/h2-8H,9H2,1H3,(H3,18,22,26). The van der Waals surface area contributed by atoms with Crippen LogP contribution in [0.5, 0.6) is 0 Å². The van der Waals surface area contributed by atoms with Crippen LogP contribution in [-0.2, 0) is 11.3 Å². The molecule has 136 valence electrons. The molecule has 1 aromatic carbocycles. The number of primary amides is 1. The highest BCUT2D eigenvalue weighted by molar-refractivity contribution is 5.85. The number of nitrogens with one attached hydrogen (secondary N) is 1. The van der Waals surface area contributed by atoms with Crippen LogP contribution in [0.1, 0.15) is 5.69 Å². The van der Waals surface area contributed by atoms with E-state index in [4.69, 9.17) is 10.5 Å². The summed E-state index contributed by atoms with van der Waals surface area (Å²) in [6, 6.07) is 10.4. The lowest BCUT2D eigenvalue weighted by Crippen LogP contribution is -2.36. The summed E-state index contributed by atoms with van der Waals surface area (Å²) in [5.41, 5.74) is 10.1. The summed E-state index contributed by atoms with van der Waals surface area (Å²) in [6.07, 6.45) is 1.39. The van der Waals surface area contributed by atoms with Gasteiger partial charge in [-0.25, -0.2) is 19.4 Å². The molecule has 0 saturated heterocycles. The fourth-order valence-corrected chi connectivity index (χ4v) is 2.94. The zero-order valence-corrected chi connectivity index (χ0v) is 14.3. The smallest absolute Gasteiger partial charge is 0.331 e. The van der Waals surface area contributed by atoms with E-state index in [9.17, 15) is 9.59 Å². The number of methoxy groups -OCH3 is 1. The van der Waals surface area contributed by atoms with Crippen molar-refractivity contribution < 1.29 is 9.53 Å². The Morgan fingerprint density at radius 1 is 1.22 bits per heavy atom. The number of carbonyl (C=O) groups excluding carboxylic acids is 1. The zero-order valence-electron chi connectivity index (χ0n) is 14.3. The van der Waals surface area contributed by atoms with E-state index >= 15 is 0 Å². The molecule has 0 fully saturated rings. The van der Waals surface area contributed by atoms with Gasteiger partial charge in [-0.1, -0.05) is 30.3 Å². The minimum atomic E-state index is -0.863.